The molecule has 0 spiro atoms. The van der Waals surface area contributed by atoms with E-state index in [1.54, 1.807) is 23.7 Å². The Morgan fingerprint density at radius 3 is 3.14 bits per heavy atom. The van der Waals surface area contributed by atoms with Crippen LogP contribution in [0, 0.1) is 0 Å². The summed E-state index contributed by atoms with van der Waals surface area (Å²) in [5.74, 6) is 4.96. The molecule has 0 radical (unpaired) electrons. The average molecular weight is 207 g/mol. The first kappa shape index (κ1) is 9.26. The summed E-state index contributed by atoms with van der Waals surface area (Å²) in [6.45, 7) is 0.344. The van der Waals surface area contributed by atoms with Crippen LogP contribution < -0.4 is 5.90 Å². The molecule has 0 bridgehead atoms. The van der Waals surface area contributed by atoms with Gasteiger partial charge in [0.25, 0.3) is 0 Å². The van der Waals surface area contributed by atoms with Crippen LogP contribution in [-0.4, -0.2) is 9.97 Å². The van der Waals surface area contributed by atoms with Gasteiger partial charge in [-0.1, -0.05) is 0 Å². The second-order valence-electron chi connectivity index (χ2n) is 2.70. The molecule has 0 aromatic carbocycles. The van der Waals surface area contributed by atoms with Crippen LogP contribution in [-0.2, 0) is 11.4 Å². The third-order valence-electron chi connectivity index (χ3n) is 1.69. The van der Waals surface area contributed by atoms with E-state index in [0.717, 1.165) is 16.3 Å². The second kappa shape index (κ2) is 4.28. The molecule has 4 nitrogen and oxygen atoms in total. The summed E-state index contributed by atoms with van der Waals surface area (Å²) in [4.78, 5) is 12.9. The molecule has 0 fully saturated rings. The number of rotatable bonds is 3. The van der Waals surface area contributed by atoms with Crippen molar-refractivity contribution in [2.45, 2.75) is 6.61 Å². The summed E-state index contributed by atoms with van der Waals surface area (Å²) in [5.41, 5.74) is 1.86. The van der Waals surface area contributed by atoms with Gasteiger partial charge in [0, 0.05) is 23.3 Å². The van der Waals surface area contributed by atoms with Gasteiger partial charge in [0.2, 0.25) is 0 Å². The highest BCUT2D eigenvalue weighted by atomic mass is 32.1. The molecule has 0 amide bonds. The predicted molar refractivity (Wildman–Crippen MR) is 54.3 cm³/mol. The van der Waals surface area contributed by atoms with Crippen molar-refractivity contribution in [1.82, 2.24) is 9.97 Å². The highest BCUT2D eigenvalue weighted by molar-refractivity contribution is 7.13. The number of pyridine rings is 1. The lowest BCUT2D eigenvalue weighted by molar-refractivity contribution is 0.122. The summed E-state index contributed by atoms with van der Waals surface area (Å²) < 4.78 is 0. The van der Waals surface area contributed by atoms with Gasteiger partial charge in [0.05, 0.1) is 5.69 Å². The number of hydrogen-bond acceptors (Lipinski definition) is 5. The molecule has 2 aromatic heterocycles. The Hall–Kier alpha value is -1.30. The monoisotopic (exact) mass is 207 g/mol. The number of nitrogens with zero attached hydrogens (tertiary/aromatic N) is 2. The van der Waals surface area contributed by atoms with Gasteiger partial charge in [-0.05, 0) is 12.1 Å². The number of thiazole rings is 1. The van der Waals surface area contributed by atoms with E-state index in [0.29, 0.717) is 6.61 Å². The molecule has 2 N–H and O–H groups in total. The smallest absolute Gasteiger partial charge is 0.125 e. The maximum absolute atomic E-state index is 4.96. The first-order chi connectivity index (χ1) is 6.90. The molecule has 14 heavy (non-hydrogen) atoms. The van der Waals surface area contributed by atoms with Crippen LogP contribution in [0.1, 0.15) is 5.69 Å². The van der Waals surface area contributed by atoms with Gasteiger partial charge in [-0.15, -0.1) is 11.3 Å². The van der Waals surface area contributed by atoms with Crippen molar-refractivity contribution in [3.8, 4) is 10.6 Å². The van der Waals surface area contributed by atoms with Crippen molar-refractivity contribution in [3.05, 3.63) is 35.6 Å². The first-order valence-electron chi connectivity index (χ1n) is 4.06. The zero-order valence-electron chi connectivity index (χ0n) is 7.38. The molecule has 0 saturated carbocycles. The van der Waals surface area contributed by atoms with E-state index in [4.69, 9.17) is 5.90 Å². The van der Waals surface area contributed by atoms with Crippen LogP contribution in [0.4, 0.5) is 0 Å². The molecule has 2 rings (SSSR count). The van der Waals surface area contributed by atoms with Crippen LogP contribution in [0.5, 0.6) is 0 Å². The molecule has 0 unspecified atom stereocenters. The number of hydrogen-bond donors (Lipinski definition) is 1. The molecule has 2 heterocycles. The lowest BCUT2D eigenvalue weighted by Crippen LogP contribution is -1.98. The second-order valence-corrected chi connectivity index (χ2v) is 3.55. The van der Waals surface area contributed by atoms with Gasteiger partial charge in [0.15, 0.2) is 0 Å². The van der Waals surface area contributed by atoms with Gasteiger partial charge in [-0.25, -0.2) is 10.9 Å². The van der Waals surface area contributed by atoms with Crippen LogP contribution in [0.25, 0.3) is 10.6 Å². The average Bonchev–Trinajstić information content (AvgIpc) is 2.68. The Labute approximate surface area is 85.3 Å². The van der Waals surface area contributed by atoms with Crippen LogP contribution in [0.15, 0.2) is 29.9 Å². The van der Waals surface area contributed by atoms with E-state index in [1.807, 2.05) is 17.5 Å². The molecule has 2 aromatic rings. The van der Waals surface area contributed by atoms with Gasteiger partial charge >= 0.3 is 0 Å². The summed E-state index contributed by atoms with van der Waals surface area (Å²) >= 11 is 1.56. The highest BCUT2D eigenvalue weighted by Gasteiger charge is 2.03. The molecule has 0 atom stereocenters. The summed E-state index contributed by atoms with van der Waals surface area (Å²) in [7, 11) is 0. The number of aromatic nitrogens is 2. The van der Waals surface area contributed by atoms with Crippen LogP contribution in [0.2, 0.25) is 0 Å². The minimum Gasteiger partial charge on any atom is -0.298 e. The molecule has 0 aliphatic rings. The number of nitrogens with two attached hydrogens (primary N) is 1. The standard InChI is InChI=1S/C9H9N3OS/c10-13-5-8-6-14-9(12-8)7-2-1-3-11-4-7/h1-4,6H,5,10H2. The van der Waals surface area contributed by atoms with Gasteiger partial charge < -0.3 is 0 Å². The minimum atomic E-state index is 0.344. The van der Waals surface area contributed by atoms with Gasteiger partial charge in [-0.3, -0.25) is 9.82 Å². The Bertz CT molecular complexity index is 401. The van der Waals surface area contributed by atoms with Gasteiger partial charge in [-0.2, -0.15) is 0 Å². The summed E-state index contributed by atoms with van der Waals surface area (Å²) in [6, 6.07) is 3.86. The molecule has 0 aliphatic carbocycles. The minimum absolute atomic E-state index is 0.344. The fourth-order valence-corrected chi connectivity index (χ4v) is 1.88. The third kappa shape index (κ3) is 1.95. The lowest BCUT2D eigenvalue weighted by atomic mass is 10.3. The normalized spacial score (nSPS) is 10.4. The fraction of sp³-hybridized carbons (Fsp3) is 0.111. The summed E-state index contributed by atoms with van der Waals surface area (Å²) in [6.07, 6.45) is 3.52. The first-order valence-corrected chi connectivity index (χ1v) is 4.94. The van der Waals surface area contributed by atoms with E-state index < -0.39 is 0 Å². The maximum Gasteiger partial charge on any atom is 0.125 e. The topological polar surface area (TPSA) is 61.0 Å². The lowest BCUT2D eigenvalue weighted by Gasteiger charge is -1.93. The zero-order valence-corrected chi connectivity index (χ0v) is 8.20. The van der Waals surface area contributed by atoms with E-state index >= 15 is 0 Å². The van der Waals surface area contributed by atoms with Crippen molar-refractivity contribution in [2.75, 3.05) is 0 Å². The van der Waals surface area contributed by atoms with E-state index in [-0.39, 0.29) is 0 Å². The largest absolute Gasteiger partial charge is 0.298 e. The molecular weight excluding hydrogens is 198 g/mol. The highest BCUT2D eigenvalue weighted by Crippen LogP contribution is 2.22. The maximum atomic E-state index is 4.96. The van der Waals surface area contributed by atoms with E-state index in [9.17, 15) is 0 Å². The van der Waals surface area contributed by atoms with Crippen LogP contribution >= 0.6 is 11.3 Å². The molecule has 0 aliphatic heterocycles. The third-order valence-corrected chi connectivity index (χ3v) is 2.63. The molecular formula is C9H9N3OS. The Kier molecular flexibility index (Phi) is 2.83. The van der Waals surface area contributed by atoms with Crippen LogP contribution in [0.3, 0.4) is 0 Å². The Morgan fingerprint density at radius 1 is 1.50 bits per heavy atom. The van der Waals surface area contributed by atoms with E-state index in [1.165, 1.54) is 0 Å². The predicted octanol–water partition coefficient (Wildman–Crippen LogP) is 1.60. The van der Waals surface area contributed by atoms with E-state index in [2.05, 4.69) is 14.8 Å². The fourth-order valence-electron chi connectivity index (χ4n) is 1.08. The molecule has 0 saturated heterocycles. The van der Waals surface area contributed by atoms with Gasteiger partial charge in [0.1, 0.15) is 11.6 Å². The van der Waals surface area contributed by atoms with Crippen molar-refractivity contribution in [2.24, 2.45) is 5.90 Å². The van der Waals surface area contributed by atoms with Crippen molar-refractivity contribution >= 4 is 11.3 Å². The summed E-state index contributed by atoms with van der Waals surface area (Å²) in [5, 5.41) is 2.86. The van der Waals surface area contributed by atoms with Crippen molar-refractivity contribution in [3.63, 3.8) is 0 Å². The van der Waals surface area contributed by atoms with Crippen molar-refractivity contribution < 1.29 is 4.84 Å². The molecule has 72 valence electrons. The molecule has 5 heteroatoms. The SMILES string of the molecule is NOCc1csc(-c2cccnc2)n1. The Balaban J connectivity index is 2.25. The Morgan fingerprint density at radius 2 is 2.43 bits per heavy atom. The quantitative estimate of drug-likeness (QED) is 0.776. The zero-order chi connectivity index (χ0) is 9.80. The van der Waals surface area contributed by atoms with Crippen molar-refractivity contribution in [1.29, 1.82) is 0 Å².